The molecule has 0 spiro atoms. The maximum atomic E-state index is 7.59. The number of rotatable bonds is 5. The summed E-state index contributed by atoms with van der Waals surface area (Å²) in [6.45, 7) is 7.59. The second-order valence-corrected chi connectivity index (χ2v) is 12.1. The first-order valence-corrected chi connectivity index (χ1v) is 16.2. The molecule has 0 atom stereocenters. The minimum Gasteiger partial charge on any atom is -0.455 e. The lowest BCUT2D eigenvalue weighted by Crippen LogP contribution is -1.87. The van der Waals surface area contributed by atoms with Crippen molar-refractivity contribution in [3.05, 3.63) is 176 Å². The highest BCUT2D eigenvalue weighted by Gasteiger charge is 2.17. The van der Waals surface area contributed by atoms with Crippen LogP contribution in [0.25, 0.3) is 93.2 Å². The topological polar surface area (TPSA) is 43.3 Å². The van der Waals surface area contributed by atoms with E-state index >= 15 is 0 Å². The van der Waals surface area contributed by atoms with Gasteiger partial charge in [-0.25, -0.2) is 4.85 Å². The predicted molar refractivity (Wildman–Crippen MR) is 200 cm³/mol. The summed E-state index contributed by atoms with van der Waals surface area (Å²) in [6, 6.07) is 48.2. The van der Waals surface area contributed by atoms with Crippen LogP contribution in [0.5, 0.6) is 0 Å². The number of nitrogens with zero attached hydrogens (tertiary/aromatic N) is 3. The predicted octanol–water partition coefficient (Wildman–Crippen LogP) is 12.4. The van der Waals surface area contributed by atoms with Crippen molar-refractivity contribution in [3.8, 4) is 55.6 Å². The van der Waals surface area contributed by atoms with Gasteiger partial charge in [0.05, 0.1) is 6.57 Å². The number of pyridine rings is 2. The van der Waals surface area contributed by atoms with Crippen molar-refractivity contribution in [1.82, 2.24) is 9.97 Å². The van der Waals surface area contributed by atoms with E-state index < -0.39 is 0 Å². The summed E-state index contributed by atoms with van der Waals surface area (Å²) < 4.78 is 6.86. The third-order valence-corrected chi connectivity index (χ3v) is 9.29. The van der Waals surface area contributed by atoms with Crippen LogP contribution in [-0.4, -0.2) is 9.97 Å². The lowest BCUT2D eigenvalue weighted by molar-refractivity contribution is 0.671. The highest BCUT2D eigenvalue weighted by Crippen LogP contribution is 2.42. The maximum Gasteiger partial charge on any atom is 0.194 e. The molecule has 0 saturated carbocycles. The van der Waals surface area contributed by atoms with Crippen LogP contribution in [0.2, 0.25) is 0 Å². The summed E-state index contributed by atoms with van der Waals surface area (Å²) in [4.78, 5) is 12.5. The van der Waals surface area contributed by atoms with Crippen LogP contribution in [0.3, 0.4) is 0 Å². The zero-order valence-corrected chi connectivity index (χ0v) is 26.3. The van der Waals surface area contributed by atoms with Gasteiger partial charge in [-0.2, -0.15) is 0 Å². The first kappa shape index (κ1) is 28.4. The molecule has 3 heterocycles. The van der Waals surface area contributed by atoms with Crippen molar-refractivity contribution in [1.29, 1.82) is 0 Å². The summed E-state index contributed by atoms with van der Waals surface area (Å²) in [5.74, 6) is 0. The lowest BCUT2D eigenvalue weighted by atomic mass is 9.93. The summed E-state index contributed by atoms with van der Waals surface area (Å²) in [5.41, 5.74) is 13.1. The average molecular weight is 626 g/mol. The van der Waals surface area contributed by atoms with Crippen molar-refractivity contribution in [3.63, 3.8) is 0 Å². The van der Waals surface area contributed by atoms with Crippen molar-refractivity contribution >= 4 is 38.4 Å². The fraction of sp³-hybridized carbons (Fsp3) is 0. The van der Waals surface area contributed by atoms with Gasteiger partial charge in [-0.1, -0.05) is 109 Å². The molecule has 0 aliphatic carbocycles. The molecule has 0 N–H and O–H groups in total. The van der Waals surface area contributed by atoms with E-state index in [4.69, 9.17) is 11.0 Å². The van der Waals surface area contributed by atoms with E-state index in [-0.39, 0.29) is 0 Å². The van der Waals surface area contributed by atoms with E-state index in [1.54, 1.807) is 12.4 Å². The van der Waals surface area contributed by atoms with Gasteiger partial charge in [-0.3, -0.25) is 9.97 Å². The Morgan fingerprint density at radius 3 is 1.51 bits per heavy atom. The molecule has 0 amide bonds. The lowest BCUT2D eigenvalue weighted by Gasteiger charge is -2.11. The molecule has 0 saturated heterocycles. The normalized spacial score (nSPS) is 11.2. The molecule has 0 unspecified atom stereocenters. The Kier molecular flexibility index (Phi) is 6.81. The first-order chi connectivity index (χ1) is 24.2. The Morgan fingerprint density at radius 1 is 0.408 bits per heavy atom. The number of aromatic nitrogens is 2. The van der Waals surface area contributed by atoms with E-state index in [0.29, 0.717) is 5.69 Å². The van der Waals surface area contributed by atoms with Crippen LogP contribution >= 0.6 is 0 Å². The standard InChI is InChI=1S/C45H27N3O/c1-46-43-21-20-36(39-10-2-3-11-40(39)43)29-16-18-30(19-17-29)37-12-4-14-41-42-15-5-13-38(45(42)49-44(37)41)35-25-33(31-8-6-22-47-27-31)24-34(26-35)32-9-7-23-48-28-32/h2-28H. The molecule has 3 aromatic heterocycles. The highest BCUT2D eigenvalue weighted by atomic mass is 16.3. The molecule has 0 bridgehead atoms. The Bertz CT molecular complexity index is 2650. The number of hydrogen-bond donors (Lipinski definition) is 0. The van der Waals surface area contributed by atoms with Gasteiger partial charge in [0.15, 0.2) is 5.69 Å². The van der Waals surface area contributed by atoms with Crippen LogP contribution < -0.4 is 0 Å². The number of hydrogen-bond acceptors (Lipinski definition) is 3. The van der Waals surface area contributed by atoms with Crippen LogP contribution in [0, 0.1) is 6.57 Å². The number of furan rings is 1. The number of para-hydroxylation sites is 2. The molecule has 0 fully saturated rings. The zero-order chi connectivity index (χ0) is 32.7. The van der Waals surface area contributed by atoms with Gasteiger partial charge in [0.25, 0.3) is 0 Å². The van der Waals surface area contributed by atoms with Crippen LogP contribution in [0.4, 0.5) is 5.69 Å². The van der Waals surface area contributed by atoms with Crippen LogP contribution in [0.15, 0.2) is 169 Å². The Morgan fingerprint density at radius 2 is 0.939 bits per heavy atom. The van der Waals surface area contributed by atoms with Crippen molar-refractivity contribution in [2.45, 2.75) is 0 Å². The molecule has 0 aliphatic rings. The third-order valence-electron chi connectivity index (χ3n) is 9.29. The van der Waals surface area contributed by atoms with E-state index in [1.165, 1.54) is 0 Å². The molecule has 4 nitrogen and oxygen atoms in total. The quantitative estimate of drug-likeness (QED) is 0.179. The van der Waals surface area contributed by atoms with Gasteiger partial charge in [-0.15, -0.1) is 0 Å². The average Bonchev–Trinajstić information content (AvgIpc) is 3.57. The smallest absolute Gasteiger partial charge is 0.194 e. The number of benzene rings is 6. The minimum absolute atomic E-state index is 0.670. The van der Waals surface area contributed by atoms with Crippen molar-refractivity contribution in [2.75, 3.05) is 0 Å². The van der Waals surface area contributed by atoms with E-state index in [1.807, 2.05) is 48.8 Å². The van der Waals surface area contributed by atoms with Gasteiger partial charge in [-0.05, 0) is 74.5 Å². The summed E-state index contributed by atoms with van der Waals surface area (Å²) in [5, 5.41) is 4.21. The molecular formula is C45H27N3O. The van der Waals surface area contributed by atoms with Gasteiger partial charge in [0.2, 0.25) is 0 Å². The Balaban J connectivity index is 1.17. The Labute approximate surface area is 283 Å². The Hall–Kier alpha value is -6.83. The fourth-order valence-electron chi connectivity index (χ4n) is 6.92. The maximum absolute atomic E-state index is 7.59. The third kappa shape index (κ3) is 4.93. The summed E-state index contributed by atoms with van der Waals surface area (Å²) >= 11 is 0. The first-order valence-electron chi connectivity index (χ1n) is 16.2. The van der Waals surface area contributed by atoms with Gasteiger partial charge in [0, 0.05) is 57.8 Å². The van der Waals surface area contributed by atoms with Crippen LogP contribution in [0.1, 0.15) is 0 Å². The largest absolute Gasteiger partial charge is 0.455 e. The van der Waals surface area contributed by atoms with Crippen molar-refractivity contribution < 1.29 is 4.42 Å². The van der Waals surface area contributed by atoms with E-state index in [2.05, 4.69) is 118 Å². The van der Waals surface area contributed by atoms with Crippen molar-refractivity contribution in [2.24, 2.45) is 0 Å². The van der Waals surface area contributed by atoms with Crippen LogP contribution in [-0.2, 0) is 0 Å². The molecule has 9 rings (SSSR count). The molecule has 0 aliphatic heterocycles. The molecule has 228 valence electrons. The van der Waals surface area contributed by atoms with Gasteiger partial charge >= 0.3 is 0 Å². The van der Waals surface area contributed by atoms with Gasteiger partial charge in [0.1, 0.15) is 11.2 Å². The van der Waals surface area contributed by atoms with E-state index in [9.17, 15) is 0 Å². The molecule has 9 aromatic rings. The van der Waals surface area contributed by atoms with E-state index in [0.717, 1.165) is 88.3 Å². The molecule has 4 heteroatoms. The highest BCUT2D eigenvalue weighted by molar-refractivity contribution is 6.13. The van der Waals surface area contributed by atoms with Gasteiger partial charge < -0.3 is 4.42 Å². The second-order valence-electron chi connectivity index (χ2n) is 12.1. The molecular weight excluding hydrogens is 599 g/mol. The monoisotopic (exact) mass is 625 g/mol. The SMILES string of the molecule is [C-]#[N+]c1ccc(-c2ccc(-c3cccc4c3oc3c(-c5cc(-c6cccnc6)cc(-c6cccnc6)c5)cccc34)cc2)c2ccccc12. The number of fused-ring (bicyclic) bond motifs is 4. The minimum atomic E-state index is 0.670. The second kappa shape index (κ2) is 11.8. The summed E-state index contributed by atoms with van der Waals surface area (Å²) in [7, 11) is 0. The molecule has 6 aromatic carbocycles. The summed E-state index contributed by atoms with van der Waals surface area (Å²) in [6.07, 6.45) is 7.39. The molecule has 0 radical (unpaired) electrons. The molecule has 49 heavy (non-hydrogen) atoms. The zero-order valence-electron chi connectivity index (χ0n) is 26.3. The fourth-order valence-corrected chi connectivity index (χ4v) is 6.92.